The lowest BCUT2D eigenvalue weighted by Crippen LogP contribution is -2.32. The fraction of sp³-hybridized carbons (Fsp3) is 1.00. The summed E-state index contributed by atoms with van der Waals surface area (Å²) in [5.74, 6) is 0.945. The Kier molecular flexibility index (Phi) is 1.69. The summed E-state index contributed by atoms with van der Waals surface area (Å²) in [5, 5.41) is 3.70. The monoisotopic (exact) mass is 139 g/mol. The van der Waals surface area contributed by atoms with Crippen molar-refractivity contribution in [2.75, 3.05) is 0 Å². The first-order valence-electron chi connectivity index (χ1n) is 4.62. The van der Waals surface area contributed by atoms with Gasteiger partial charge in [0.25, 0.3) is 0 Å². The first-order chi connectivity index (χ1) is 4.86. The van der Waals surface area contributed by atoms with Crippen LogP contribution in [0.4, 0.5) is 0 Å². The molecule has 0 amide bonds. The van der Waals surface area contributed by atoms with Gasteiger partial charge in [0.2, 0.25) is 0 Å². The molecule has 0 spiro atoms. The molecule has 2 aliphatic rings. The van der Waals surface area contributed by atoms with Crippen LogP contribution in [0.25, 0.3) is 0 Å². The third-order valence-corrected chi connectivity index (χ3v) is 2.89. The smallest absolute Gasteiger partial charge is 0.00952 e. The highest BCUT2D eigenvalue weighted by molar-refractivity contribution is 4.89. The number of nitrogens with one attached hydrogen (secondary N) is 1. The van der Waals surface area contributed by atoms with E-state index in [1.807, 2.05) is 0 Å². The van der Waals surface area contributed by atoms with E-state index in [-0.39, 0.29) is 0 Å². The summed E-state index contributed by atoms with van der Waals surface area (Å²) in [7, 11) is 0. The zero-order valence-electron chi connectivity index (χ0n) is 6.77. The number of hydrogen-bond acceptors (Lipinski definition) is 1. The molecule has 0 aromatic carbocycles. The van der Waals surface area contributed by atoms with Crippen LogP contribution in [0.1, 0.15) is 39.0 Å². The zero-order valence-corrected chi connectivity index (χ0v) is 6.77. The van der Waals surface area contributed by atoms with Crippen molar-refractivity contribution in [3.63, 3.8) is 0 Å². The quantitative estimate of drug-likeness (QED) is 0.616. The van der Waals surface area contributed by atoms with Gasteiger partial charge in [-0.3, -0.25) is 0 Å². The molecule has 0 saturated heterocycles. The molecule has 2 saturated carbocycles. The Labute approximate surface area is 63.2 Å². The Bertz CT molecular complexity index is 118. The van der Waals surface area contributed by atoms with Crippen LogP contribution in [-0.4, -0.2) is 12.1 Å². The highest BCUT2D eigenvalue weighted by Gasteiger charge is 2.29. The van der Waals surface area contributed by atoms with Gasteiger partial charge in [-0.25, -0.2) is 0 Å². The van der Waals surface area contributed by atoms with Crippen LogP contribution in [0, 0.1) is 5.92 Å². The fourth-order valence-electron chi connectivity index (χ4n) is 1.95. The molecule has 2 aliphatic carbocycles. The van der Waals surface area contributed by atoms with E-state index in [1.165, 1.54) is 32.1 Å². The summed E-state index contributed by atoms with van der Waals surface area (Å²) < 4.78 is 0. The lowest BCUT2D eigenvalue weighted by Gasteiger charge is -2.16. The molecule has 0 radical (unpaired) electrons. The van der Waals surface area contributed by atoms with Gasteiger partial charge in [0.05, 0.1) is 0 Å². The van der Waals surface area contributed by atoms with Crippen LogP contribution < -0.4 is 5.32 Å². The van der Waals surface area contributed by atoms with Crippen molar-refractivity contribution in [2.24, 2.45) is 5.92 Å². The van der Waals surface area contributed by atoms with Crippen molar-refractivity contribution in [2.45, 2.75) is 51.1 Å². The second-order valence-corrected chi connectivity index (χ2v) is 3.96. The molecule has 58 valence electrons. The van der Waals surface area contributed by atoms with Gasteiger partial charge >= 0.3 is 0 Å². The number of rotatable bonds is 2. The molecule has 0 aliphatic heterocycles. The second-order valence-electron chi connectivity index (χ2n) is 3.96. The molecule has 1 N–H and O–H groups in total. The van der Waals surface area contributed by atoms with E-state index in [0.29, 0.717) is 0 Å². The maximum atomic E-state index is 3.70. The average Bonchev–Trinajstić information content (AvgIpc) is 2.62. The molecule has 2 rings (SSSR count). The van der Waals surface area contributed by atoms with Gasteiger partial charge in [-0.1, -0.05) is 13.3 Å². The van der Waals surface area contributed by atoms with Crippen molar-refractivity contribution in [3.05, 3.63) is 0 Å². The fourth-order valence-corrected chi connectivity index (χ4v) is 1.95. The Morgan fingerprint density at radius 1 is 1.10 bits per heavy atom. The Morgan fingerprint density at radius 3 is 2.40 bits per heavy atom. The van der Waals surface area contributed by atoms with Gasteiger partial charge < -0.3 is 5.32 Å². The van der Waals surface area contributed by atoms with E-state index in [9.17, 15) is 0 Å². The van der Waals surface area contributed by atoms with Crippen LogP contribution in [0.2, 0.25) is 0 Å². The van der Waals surface area contributed by atoms with E-state index in [0.717, 1.165) is 18.0 Å². The standard InChI is InChI=1S/C9H17N/c1-7-3-2-4-9(7)10-8-5-6-8/h7-10H,2-6H2,1H3/t7-,9-/m1/s1. The topological polar surface area (TPSA) is 12.0 Å². The minimum atomic E-state index is 0.868. The minimum absolute atomic E-state index is 0.868. The predicted octanol–water partition coefficient (Wildman–Crippen LogP) is 1.93. The van der Waals surface area contributed by atoms with Crippen molar-refractivity contribution in [3.8, 4) is 0 Å². The van der Waals surface area contributed by atoms with E-state index in [4.69, 9.17) is 0 Å². The minimum Gasteiger partial charge on any atom is -0.311 e. The van der Waals surface area contributed by atoms with Crippen molar-refractivity contribution < 1.29 is 0 Å². The van der Waals surface area contributed by atoms with Crippen LogP contribution in [0.3, 0.4) is 0 Å². The maximum Gasteiger partial charge on any atom is 0.00952 e. The third kappa shape index (κ3) is 1.34. The van der Waals surface area contributed by atoms with Gasteiger partial charge in [0.1, 0.15) is 0 Å². The summed E-state index contributed by atoms with van der Waals surface area (Å²) in [5.41, 5.74) is 0. The van der Waals surface area contributed by atoms with Gasteiger partial charge in [-0.05, 0) is 31.6 Å². The summed E-state index contributed by atoms with van der Waals surface area (Å²) in [6.45, 7) is 2.38. The third-order valence-electron chi connectivity index (χ3n) is 2.89. The highest BCUT2D eigenvalue weighted by atomic mass is 15.0. The molecule has 0 aromatic heterocycles. The van der Waals surface area contributed by atoms with E-state index in [1.54, 1.807) is 0 Å². The highest BCUT2D eigenvalue weighted by Crippen LogP contribution is 2.29. The summed E-state index contributed by atoms with van der Waals surface area (Å²) >= 11 is 0. The molecule has 0 unspecified atom stereocenters. The van der Waals surface area contributed by atoms with Crippen molar-refractivity contribution in [1.82, 2.24) is 5.32 Å². The van der Waals surface area contributed by atoms with Crippen LogP contribution in [-0.2, 0) is 0 Å². The average molecular weight is 139 g/mol. The SMILES string of the molecule is C[C@@H]1CCC[C@H]1NC1CC1. The van der Waals surface area contributed by atoms with Crippen molar-refractivity contribution in [1.29, 1.82) is 0 Å². The Balaban J connectivity index is 1.79. The molecule has 10 heavy (non-hydrogen) atoms. The largest absolute Gasteiger partial charge is 0.311 e. The lowest BCUT2D eigenvalue weighted by atomic mass is 10.1. The van der Waals surface area contributed by atoms with Crippen LogP contribution in [0.5, 0.6) is 0 Å². The van der Waals surface area contributed by atoms with E-state index < -0.39 is 0 Å². The first-order valence-corrected chi connectivity index (χ1v) is 4.62. The summed E-state index contributed by atoms with van der Waals surface area (Å²) in [6, 6.07) is 1.78. The molecule has 1 nitrogen and oxygen atoms in total. The molecule has 1 heteroatoms. The van der Waals surface area contributed by atoms with Crippen molar-refractivity contribution >= 4 is 0 Å². The molecular formula is C9H17N. The van der Waals surface area contributed by atoms with Crippen LogP contribution in [0.15, 0.2) is 0 Å². The summed E-state index contributed by atoms with van der Waals surface area (Å²) in [6.07, 6.45) is 7.19. The lowest BCUT2D eigenvalue weighted by molar-refractivity contribution is 0.424. The Hall–Kier alpha value is -0.0400. The van der Waals surface area contributed by atoms with Gasteiger partial charge in [-0.15, -0.1) is 0 Å². The van der Waals surface area contributed by atoms with Gasteiger partial charge in [0.15, 0.2) is 0 Å². The normalized spacial score (nSPS) is 40.5. The summed E-state index contributed by atoms with van der Waals surface area (Å²) in [4.78, 5) is 0. The molecule has 2 atom stereocenters. The molecular weight excluding hydrogens is 122 g/mol. The molecule has 0 bridgehead atoms. The molecule has 2 fully saturated rings. The molecule has 0 heterocycles. The maximum absolute atomic E-state index is 3.70. The predicted molar refractivity (Wildman–Crippen MR) is 43.0 cm³/mol. The van der Waals surface area contributed by atoms with Gasteiger partial charge in [0, 0.05) is 12.1 Å². The molecule has 0 aromatic rings. The van der Waals surface area contributed by atoms with E-state index >= 15 is 0 Å². The van der Waals surface area contributed by atoms with Gasteiger partial charge in [-0.2, -0.15) is 0 Å². The second kappa shape index (κ2) is 2.54. The zero-order chi connectivity index (χ0) is 6.97. The van der Waals surface area contributed by atoms with Crippen LogP contribution >= 0.6 is 0 Å². The Morgan fingerprint density at radius 2 is 1.90 bits per heavy atom. The number of hydrogen-bond donors (Lipinski definition) is 1. The van der Waals surface area contributed by atoms with E-state index in [2.05, 4.69) is 12.2 Å². The first kappa shape index (κ1) is 6.66.